The summed E-state index contributed by atoms with van der Waals surface area (Å²) >= 11 is 0. The molecule has 0 aromatic carbocycles. The highest BCUT2D eigenvalue weighted by molar-refractivity contribution is 5.92. The molecule has 19 heavy (non-hydrogen) atoms. The number of aromatic nitrogens is 3. The molecule has 0 saturated carbocycles. The van der Waals surface area contributed by atoms with Gasteiger partial charge in [0.15, 0.2) is 5.76 Å². The number of rotatable bonds is 5. The second kappa shape index (κ2) is 5.59. The number of nitrogens with one attached hydrogen (secondary N) is 1. The zero-order chi connectivity index (χ0) is 13.8. The first-order valence-electron chi connectivity index (χ1n) is 5.66. The standard InChI is InChI=1S/C11H12F2N4O2/c1-2-7-5-8(19-16-7)6-14-10(18)9-3-4-15-17(9)11(12)13/h3-5,11H,2,6H2,1H3,(H,14,18). The van der Waals surface area contributed by atoms with E-state index < -0.39 is 12.5 Å². The minimum absolute atomic E-state index is 0.0836. The monoisotopic (exact) mass is 270 g/mol. The first-order valence-corrected chi connectivity index (χ1v) is 5.66. The molecule has 2 heterocycles. The average molecular weight is 270 g/mol. The first kappa shape index (κ1) is 13.2. The number of hydrogen-bond acceptors (Lipinski definition) is 4. The Morgan fingerprint density at radius 3 is 3.00 bits per heavy atom. The van der Waals surface area contributed by atoms with Gasteiger partial charge in [-0.3, -0.25) is 4.79 Å². The van der Waals surface area contributed by atoms with Gasteiger partial charge in [0.1, 0.15) is 5.69 Å². The second-order valence-corrected chi connectivity index (χ2v) is 3.76. The van der Waals surface area contributed by atoms with Gasteiger partial charge >= 0.3 is 6.55 Å². The molecule has 0 fully saturated rings. The van der Waals surface area contributed by atoms with Crippen LogP contribution in [0.15, 0.2) is 22.9 Å². The molecule has 0 unspecified atom stereocenters. The van der Waals surface area contributed by atoms with Gasteiger partial charge in [-0.25, -0.2) is 0 Å². The molecule has 0 spiro atoms. The maximum Gasteiger partial charge on any atom is 0.333 e. The Bertz CT molecular complexity index is 565. The fourth-order valence-corrected chi connectivity index (χ4v) is 1.51. The number of carbonyl (C=O) groups excluding carboxylic acids is 1. The average Bonchev–Trinajstić information content (AvgIpc) is 3.04. The molecular formula is C11H12F2N4O2. The number of hydrogen-bond donors (Lipinski definition) is 1. The van der Waals surface area contributed by atoms with Gasteiger partial charge in [0.2, 0.25) is 0 Å². The number of alkyl halides is 2. The Balaban J connectivity index is 1.99. The van der Waals surface area contributed by atoms with Gasteiger partial charge in [-0.2, -0.15) is 18.6 Å². The lowest BCUT2D eigenvalue weighted by Gasteiger charge is -2.05. The van der Waals surface area contributed by atoms with Crippen LogP contribution in [0.5, 0.6) is 0 Å². The number of halogens is 2. The summed E-state index contributed by atoms with van der Waals surface area (Å²) in [5.41, 5.74) is 0.562. The largest absolute Gasteiger partial charge is 0.359 e. The Kier molecular flexibility index (Phi) is 3.88. The van der Waals surface area contributed by atoms with Crippen LogP contribution in [0.3, 0.4) is 0 Å². The van der Waals surface area contributed by atoms with E-state index in [9.17, 15) is 13.6 Å². The van der Waals surface area contributed by atoms with Gasteiger partial charge in [0, 0.05) is 12.3 Å². The highest BCUT2D eigenvalue weighted by Crippen LogP contribution is 2.12. The van der Waals surface area contributed by atoms with Gasteiger partial charge in [-0.05, 0) is 12.5 Å². The predicted octanol–water partition coefficient (Wildman–Crippen LogP) is 1.76. The zero-order valence-electron chi connectivity index (χ0n) is 10.1. The summed E-state index contributed by atoms with van der Waals surface area (Å²) in [4.78, 5) is 11.7. The van der Waals surface area contributed by atoms with E-state index in [1.807, 2.05) is 6.92 Å². The van der Waals surface area contributed by atoms with Crippen molar-refractivity contribution in [3.05, 3.63) is 35.5 Å². The molecule has 0 bridgehead atoms. The number of carbonyl (C=O) groups is 1. The number of aryl methyl sites for hydroxylation is 1. The van der Waals surface area contributed by atoms with E-state index in [-0.39, 0.29) is 12.2 Å². The van der Waals surface area contributed by atoms with Crippen molar-refractivity contribution in [2.45, 2.75) is 26.4 Å². The predicted molar refractivity (Wildman–Crippen MR) is 60.5 cm³/mol. The fourth-order valence-electron chi connectivity index (χ4n) is 1.51. The van der Waals surface area contributed by atoms with Crippen LogP contribution in [0.25, 0.3) is 0 Å². The molecule has 0 aliphatic carbocycles. The van der Waals surface area contributed by atoms with Crippen molar-refractivity contribution in [3.8, 4) is 0 Å². The normalized spacial score (nSPS) is 10.9. The molecule has 0 saturated heterocycles. The Hall–Kier alpha value is -2.25. The summed E-state index contributed by atoms with van der Waals surface area (Å²) < 4.78 is 30.4. The minimum atomic E-state index is -2.85. The molecule has 2 aromatic heterocycles. The maximum absolute atomic E-state index is 12.5. The Morgan fingerprint density at radius 2 is 2.37 bits per heavy atom. The van der Waals surface area contributed by atoms with E-state index in [0.29, 0.717) is 10.4 Å². The van der Waals surface area contributed by atoms with E-state index in [1.165, 1.54) is 6.07 Å². The van der Waals surface area contributed by atoms with Gasteiger partial charge in [-0.1, -0.05) is 12.1 Å². The summed E-state index contributed by atoms with van der Waals surface area (Å²) in [5, 5.41) is 9.60. The molecule has 0 radical (unpaired) electrons. The van der Waals surface area contributed by atoms with Crippen LogP contribution in [-0.4, -0.2) is 20.8 Å². The molecule has 1 N–H and O–H groups in total. The topological polar surface area (TPSA) is 73.0 Å². The minimum Gasteiger partial charge on any atom is -0.359 e. The molecule has 2 aromatic rings. The van der Waals surface area contributed by atoms with Gasteiger partial charge in [-0.15, -0.1) is 0 Å². The molecule has 102 valence electrons. The highest BCUT2D eigenvalue weighted by Gasteiger charge is 2.17. The van der Waals surface area contributed by atoms with Crippen LogP contribution in [0.1, 0.15) is 35.4 Å². The van der Waals surface area contributed by atoms with Crippen LogP contribution < -0.4 is 5.32 Å². The molecule has 0 aliphatic rings. The van der Waals surface area contributed by atoms with Crippen molar-refractivity contribution in [1.29, 1.82) is 0 Å². The second-order valence-electron chi connectivity index (χ2n) is 3.76. The van der Waals surface area contributed by atoms with Crippen molar-refractivity contribution in [3.63, 3.8) is 0 Å². The van der Waals surface area contributed by atoms with Crippen molar-refractivity contribution in [1.82, 2.24) is 20.3 Å². The summed E-state index contributed by atoms with van der Waals surface area (Å²) in [7, 11) is 0. The molecule has 8 heteroatoms. The van der Waals surface area contributed by atoms with Crippen LogP contribution in [0.2, 0.25) is 0 Å². The lowest BCUT2D eigenvalue weighted by molar-refractivity contribution is 0.0509. The third-order valence-electron chi connectivity index (χ3n) is 2.48. The Morgan fingerprint density at radius 1 is 1.58 bits per heavy atom. The molecule has 6 nitrogen and oxygen atoms in total. The molecule has 1 amide bonds. The maximum atomic E-state index is 12.5. The van der Waals surface area contributed by atoms with Crippen LogP contribution in [-0.2, 0) is 13.0 Å². The third-order valence-corrected chi connectivity index (χ3v) is 2.48. The zero-order valence-corrected chi connectivity index (χ0v) is 10.1. The van der Waals surface area contributed by atoms with Gasteiger partial charge in [0.25, 0.3) is 5.91 Å². The number of amides is 1. The van der Waals surface area contributed by atoms with Crippen molar-refractivity contribution >= 4 is 5.91 Å². The Labute approximate surface area is 107 Å². The quantitative estimate of drug-likeness (QED) is 0.898. The molecule has 0 atom stereocenters. The van der Waals surface area contributed by atoms with Crippen molar-refractivity contribution < 1.29 is 18.1 Å². The molecule has 2 rings (SSSR count). The molecular weight excluding hydrogens is 258 g/mol. The molecule has 0 aliphatic heterocycles. The lowest BCUT2D eigenvalue weighted by Crippen LogP contribution is -2.25. The van der Waals surface area contributed by atoms with Crippen molar-refractivity contribution in [2.24, 2.45) is 0 Å². The van der Waals surface area contributed by atoms with Crippen LogP contribution in [0, 0.1) is 0 Å². The lowest BCUT2D eigenvalue weighted by atomic mass is 10.3. The van der Waals surface area contributed by atoms with Crippen LogP contribution in [0.4, 0.5) is 8.78 Å². The smallest absolute Gasteiger partial charge is 0.333 e. The first-order chi connectivity index (χ1) is 9.11. The SMILES string of the molecule is CCc1cc(CNC(=O)c2ccnn2C(F)F)on1. The summed E-state index contributed by atoms with van der Waals surface area (Å²) in [6.45, 7) is -0.852. The third kappa shape index (κ3) is 2.95. The van der Waals surface area contributed by atoms with Gasteiger partial charge < -0.3 is 9.84 Å². The highest BCUT2D eigenvalue weighted by atomic mass is 19.3. The van der Waals surface area contributed by atoms with E-state index >= 15 is 0 Å². The van der Waals surface area contributed by atoms with E-state index in [2.05, 4.69) is 15.6 Å². The summed E-state index contributed by atoms with van der Waals surface area (Å²) in [6.07, 6.45) is 1.86. The summed E-state index contributed by atoms with van der Waals surface area (Å²) in [5.74, 6) is -0.180. The van der Waals surface area contributed by atoms with E-state index in [0.717, 1.165) is 18.3 Å². The summed E-state index contributed by atoms with van der Waals surface area (Å²) in [6, 6.07) is 2.92. The fraction of sp³-hybridized carbons (Fsp3) is 0.364. The number of nitrogens with zero attached hydrogens (tertiary/aromatic N) is 3. The van der Waals surface area contributed by atoms with Gasteiger partial charge in [0.05, 0.1) is 12.2 Å². The van der Waals surface area contributed by atoms with Crippen molar-refractivity contribution in [2.75, 3.05) is 0 Å². The van der Waals surface area contributed by atoms with Crippen LogP contribution >= 0.6 is 0 Å². The van der Waals surface area contributed by atoms with E-state index in [4.69, 9.17) is 4.52 Å². The van der Waals surface area contributed by atoms with E-state index in [1.54, 1.807) is 6.07 Å².